The zero-order valence-corrected chi connectivity index (χ0v) is 20.7. The van der Waals surface area contributed by atoms with E-state index in [1.807, 2.05) is 42.5 Å². The van der Waals surface area contributed by atoms with E-state index in [1.54, 1.807) is 54.6 Å². The minimum absolute atomic E-state index is 0.00622. The van der Waals surface area contributed by atoms with Crippen molar-refractivity contribution in [2.24, 2.45) is 0 Å². The fourth-order valence-electron chi connectivity index (χ4n) is 4.70. The van der Waals surface area contributed by atoms with Gasteiger partial charge in [0.1, 0.15) is 0 Å². The van der Waals surface area contributed by atoms with E-state index in [2.05, 4.69) is 17.4 Å². The maximum Gasteiger partial charge on any atom is 0.264 e. The second-order valence-electron chi connectivity index (χ2n) is 8.97. The number of amides is 1. The highest BCUT2D eigenvalue weighted by Crippen LogP contribution is 2.30. The van der Waals surface area contributed by atoms with Crippen molar-refractivity contribution in [2.45, 2.75) is 36.7 Å². The van der Waals surface area contributed by atoms with Gasteiger partial charge in [-0.25, -0.2) is 8.42 Å². The van der Waals surface area contributed by atoms with Gasteiger partial charge in [-0.3, -0.25) is 9.10 Å². The molecule has 36 heavy (non-hydrogen) atoms. The molecule has 1 aliphatic rings. The number of nitrogens with zero attached hydrogens (tertiary/aromatic N) is 1. The number of sulfonamides is 1. The minimum atomic E-state index is -3.77. The molecule has 0 unspecified atom stereocenters. The van der Waals surface area contributed by atoms with E-state index in [0.29, 0.717) is 11.3 Å². The van der Waals surface area contributed by atoms with Gasteiger partial charge in [0.05, 0.1) is 23.2 Å². The number of para-hydroxylation sites is 1. The summed E-state index contributed by atoms with van der Waals surface area (Å²) in [6.45, 7) is 0.152. The van der Waals surface area contributed by atoms with E-state index in [4.69, 9.17) is 0 Å². The molecule has 1 atom stereocenters. The lowest BCUT2D eigenvalue weighted by Crippen LogP contribution is -2.31. The van der Waals surface area contributed by atoms with Crippen molar-refractivity contribution < 1.29 is 13.2 Å². The van der Waals surface area contributed by atoms with Gasteiger partial charge in [0.25, 0.3) is 15.9 Å². The maximum absolute atomic E-state index is 13.5. The number of fused-ring (bicyclic) bond motifs is 1. The fraction of sp³-hybridized carbons (Fsp3) is 0.167. The molecule has 0 radical (unpaired) electrons. The van der Waals surface area contributed by atoms with Crippen LogP contribution in [0, 0.1) is 0 Å². The average molecular weight is 497 g/mol. The van der Waals surface area contributed by atoms with Crippen molar-refractivity contribution in [3.05, 3.63) is 131 Å². The van der Waals surface area contributed by atoms with Gasteiger partial charge in [0, 0.05) is 5.56 Å². The van der Waals surface area contributed by atoms with E-state index in [1.165, 1.54) is 15.4 Å². The molecule has 5 nitrogen and oxygen atoms in total. The molecule has 1 aliphatic carbocycles. The number of rotatable bonds is 7. The summed E-state index contributed by atoms with van der Waals surface area (Å²) in [5.74, 6) is -0.125. The third-order valence-electron chi connectivity index (χ3n) is 6.59. The maximum atomic E-state index is 13.5. The molecular formula is C30H28N2O3S. The van der Waals surface area contributed by atoms with Crippen LogP contribution < -0.4 is 9.62 Å². The summed E-state index contributed by atoms with van der Waals surface area (Å²) in [7, 11) is -3.77. The molecule has 1 amide bonds. The normalized spacial score (nSPS) is 15.1. The molecule has 0 saturated heterocycles. The Morgan fingerprint density at radius 2 is 1.44 bits per heavy atom. The lowest BCUT2D eigenvalue weighted by Gasteiger charge is -2.26. The SMILES string of the molecule is O=C(N[C@H]1CCCc2ccccc21)c1ccc(CN(c2ccccc2)S(=O)(=O)c2ccccc2)cc1. The van der Waals surface area contributed by atoms with Crippen LogP contribution in [0.15, 0.2) is 114 Å². The number of carbonyl (C=O) groups excluding carboxylic acids is 1. The zero-order valence-electron chi connectivity index (χ0n) is 19.9. The Hall–Kier alpha value is -3.90. The Morgan fingerprint density at radius 3 is 2.17 bits per heavy atom. The van der Waals surface area contributed by atoms with E-state index in [9.17, 15) is 13.2 Å². The molecule has 6 heteroatoms. The number of anilines is 1. The summed E-state index contributed by atoms with van der Waals surface area (Å²) in [5, 5.41) is 3.18. The van der Waals surface area contributed by atoms with Gasteiger partial charge in [-0.2, -0.15) is 0 Å². The van der Waals surface area contributed by atoms with E-state index in [-0.39, 0.29) is 23.4 Å². The van der Waals surface area contributed by atoms with Crippen molar-refractivity contribution in [2.75, 3.05) is 4.31 Å². The molecule has 0 heterocycles. The van der Waals surface area contributed by atoms with Crippen LogP contribution in [0.4, 0.5) is 5.69 Å². The van der Waals surface area contributed by atoms with E-state index in [0.717, 1.165) is 24.8 Å². The van der Waals surface area contributed by atoms with Crippen LogP contribution >= 0.6 is 0 Å². The highest BCUT2D eigenvalue weighted by molar-refractivity contribution is 7.92. The quantitative estimate of drug-likeness (QED) is 0.347. The lowest BCUT2D eigenvalue weighted by atomic mass is 9.87. The Labute approximate surface area is 212 Å². The Bertz CT molecular complexity index is 1440. The Morgan fingerprint density at radius 1 is 0.806 bits per heavy atom. The molecule has 182 valence electrons. The molecule has 0 bridgehead atoms. The van der Waals surface area contributed by atoms with Crippen molar-refractivity contribution in [1.29, 1.82) is 0 Å². The zero-order chi connectivity index (χ0) is 25.0. The molecule has 0 saturated carbocycles. The number of hydrogen-bond donors (Lipinski definition) is 1. The number of aryl methyl sites for hydroxylation is 1. The van der Waals surface area contributed by atoms with Gasteiger partial charge >= 0.3 is 0 Å². The third-order valence-corrected chi connectivity index (χ3v) is 8.38. The summed E-state index contributed by atoms with van der Waals surface area (Å²) >= 11 is 0. The number of hydrogen-bond acceptors (Lipinski definition) is 3. The average Bonchev–Trinajstić information content (AvgIpc) is 2.93. The Kier molecular flexibility index (Phi) is 6.87. The third kappa shape index (κ3) is 5.04. The molecule has 1 N–H and O–H groups in total. The lowest BCUT2D eigenvalue weighted by molar-refractivity contribution is 0.0932. The van der Waals surface area contributed by atoms with Gasteiger partial charge < -0.3 is 5.32 Å². The summed E-state index contributed by atoms with van der Waals surface area (Å²) in [6, 6.07) is 32.9. The van der Waals surface area contributed by atoms with Crippen LogP contribution in [0.5, 0.6) is 0 Å². The van der Waals surface area contributed by atoms with Crippen LogP contribution in [0.2, 0.25) is 0 Å². The van der Waals surface area contributed by atoms with Gasteiger partial charge in [-0.05, 0) is 72.4 Å². The van der Waals surface area contributed by atoms with Crippen LogP contribution in [0.1, 0.15) is 45.9 Å². The van der Waals surface area contributed by atoms with Gasteiger partial charge in [-0.15, -0.1) is 0 Å². The minimum Gasteiger partial charge on any atom is -0.345 e. The standard InChI is InChI=1S/C30H28N2O3S/c33-30(31-29-17-9-11-24-10-7-8-16-28(24)29)25-20-18-23(19-21-25)22-32(26-12-3-1-4-13-26)36(34,35)27-14-5-2-6-15-27/h1-8,10,12-16,18-21,29H,9,11,17,22H2,(H,31,33)/t29-/m0/s1. The van der Waals surface area contributed by atoms with Crippen molar-refractivity contribution in [3.63, 3.8) is 0 Å². The first-order valence-corrected chi connectivity index (χ1v) is 13.6. The molecule has 4 aromatic rings. The summed E-state index contributed by atoms with van der Waals surface area (Å²) in [4.78, 5) is 13.2. The largest absolute Gasteiger partial charge is 0.345 e. The first-order valence-electron chi connectivity index (χ1n) is 12.1. The molecule has 4 aromatic carbocycles. The highest BCUT2D eigenvalue weighted by atomic mass is 32.2. The monoisotopic (exact) mass is 496 g/mol. The Balaban J connectivity index is 1.35. The molecule has 0 aromatic heterocycles. The number of carbonyl (C=O) groups is 1. The van der Waals surface area contributed by atoms with Gasteiger partial charge in [0.15, 0.2) is 0 Å². The smallest absolute Gasteiger partial charge is 0.264 e. The van der Waals surface area contributed by atoms with Gasteiger partial charge in [0.2, 0.25) is 0 Å². The summed E-state index contributed by atoms with van der Waals surface area (Å²) < 4.78 is 28.4. The second kappa shape index (κ2) is 10.4. The molecule has 5 rings (SSSR count). The molecule has 0 aliphatic heterocycles. The predicted molar refractivity (Wildman–Crippen MR) is 142 cm³/mol. The number of benzene rings is 4. The molecule has 0 spiro atoms. The first-order chi connectivity index (χ1) is 17.5. The fourth-order valence-corrected chi connectivity index (χ4v) is 6.18. The predicted octanol–water partition coefficient (Wildman–Crippen LogP) is 5.89. The summed E-state index contributed by atoms with van der Waals surface area (Å²) in [6.07, 6.45) is 3.01. The second-order valence-corrected chi connectivity index (χ2v) is 10.8. The molecular weight excluding hydrogens is 468 g/mol. The van der Waals surface area contributed by atoms with Gasteiger partial charge in [-0.1, -0.05) is 72.8 Å². The van der Waals surface area contributed by atoms with Crippen LogP contribution in [-0.4, -0.2) is 14.3 Å². The van der Waals surface area contributed by atoms with Crippen LogP contribution in [0.3, 0.4) is 0 Å². The van der Waals surface area contributed by atoms with Crippen molar-refractivity contribution in [1.82, 2.24) is 5.32 Å². The highest BCUT2D eigenvalue weighted by Gasteiger charge is 2.25. The van der Waals surface area contributed by atoms with E-state index < -0.39 is 10.0 Å². The summed E-state index contributed by atoms with van der Waals surface area (Å²) in [5.41, 5.74) is 4.42. The molecule has 0 fully saturated rings. The topological polar surface area (TPSA) is 66.5 Å². The van der Waals surface area contributed by atoms with E-state index >= 15 is 0 Å². The number of nitrogens with one attached hydrogen (secondary N) is 1. The first kappa shape index (κ1) is 23.8. The van der Waals surface area contributed by atoms with Crippen LogP contribution in [-0.2, 0) is 23.0 Å². The van der Waals surface area contributed by atoms with Crippen molar-refractivity contribution >= 4 is 21.6 Å². The van der Waals surface area contributed by atoms with Crippen LogP contribution in [0.25, 0.3) is 0 Å². The van der Waals surface area contributed by atoms with Crippen molar-refractivity contribution in [3.8, 4) is 0 Å².